The van der Waals surface area contributed by atoms with Crippen molar-refractivity contribution >= 4 is 5.97 Å². The molecular formula is C20H32O5. The summed E-state index contributed by atoms with van der Waals surface area (Å²) in [4.78, 5) is 10.5. The number of carbonyl (C=O) groups is 1. The first kappa shape index (κ1) is 20.1. The van der Waals surface area contributed by atoms with Crippen LogP contribution in [0.1, 0.15) is 64.7 Å². The van der Waals surface area contributed by atoms with Crippen molar-refractivity contribution < 1.29 is 24.5 Å². The van der Waals surface area contributed by atoms with E-state index in [0.29, 0.717) is 6.42 Å². The van der Waals surface area contributed by atoms with Gasteiger partial charge in [-0.3, -0.25) is 4.79 Å². The minimum absolute atomic E-state index is 0.0120. The molecule has 0 amide bonds. The van der Waals surface area contributed by atoms with Gasteiger partial charge in [0.05, 0.1) is 18.3 Å². The molecule has 3 heterocycles. The van der Waals surface area contributed by atoms with Gasteiger partial charge in [-0.25, -0.2) is 0 Å². The number of allylic oxidation sites excluding steroid dienone is 2. The van der Waals surface area contributed by atoms with E-state index >= 15 is 0 Å². The summed E-state index contributed by atoms with van der Waals surface area (Å²) in [5, 5.41) is 18.7. The molecule has 0 aromatic rings. The topological polar surface area (TPSA) is 76.0 Å². The van der Waals surface area contributed by atoms with Crippen molar-refractivity contribution in [2.75, 3.05) is 0 Å². The summed E-state index contributed by atoms with van der Waals surface area (Å²) in [5.41, 5.74) is 0. The van der Waals surface area contributed by atoms with E-state index < -0.39 is 12.1 Å². The van der Waals surface area contributed by atoms with Gasteiger partial charge in [0, 0.05) is 18.8 Å². The zero-order valence-electron chi connectivity index (χ0n) is 15.2. The summed E-state index contributed by atoms with van der Waals surface area (Å²) < 4.78 is 11.6. The van der Waals surface area contributed by atoms with Gasteiger partial charge in [-0.05, 0) is 25.7 Å². The van der Waals surface area contributed by atoms with E-state index in [0.717, 1.165) is 44.9 Å². The number of ether oxygens (including phenoxy) is 2. The first-order valence-electron chi connectivity index (χ1n) is 9.64. The van der Waals surface area contributed by atoms with Crippen molar-refractivity contribution in [2.24, 2.45) is 5.92 Å². The smallest absolute Gasteiger partial charge is 0.303 e. The Bertz CT molecular complexity index is 453. The zero-order chi connectivity index (χ0) is 18.1. The van der Waals surface area contributed by atoms with E-state index in [1.165, 1.54) is 0 Å². The van der Waals surface area contributed by atoms with Crippen LogP contribution in [0.2, 0.25) is 0 Å². The van der Waals surface area contributed by atoms with Crippen LogP contribution >= 0.6 is 0 Å². The molecule has 0 saturated carbocycles. The van der Waals surface area contributed by atoms with Crippen LogP contribution in [-0.4, -0.2) is 40.8 Å². The summed E-state index contributed by atoms with van der Waals surface area (Å²) in [7, 11) is 0. The van der Waals surface area contributed by atoms with Gasteiger partial charge in [0.25, 0.3) is 0 Å². The Kier molecular flexibility index (Phi) is 8.65. The monoisotopic (exact) mass is 352 g/mol. The van der Waals surface area contributed by atoms with Crippen molar-refractivity contribution in [3.05, 3.63) is 24.3 Å². The molecule has 142 valence electrons. The van der Waals surface area contributed by atoms with Gasteiger partial charge in [-0.1, -0.05) is 50.5 Å². The maximum absolute atomic E-state index is 10.5. The highest BCUT2D eigenvalue weighted by Crippen LogP contribution is 2.40. The molecule has 5 atom stereocenters. The fourth-order valence-electron chi connectivity index (χ4n) is 3.38. The molecule has 3 aliphatic heterocycles. The van der Waals surface area contributed by atoms with E-state index in [1.807, 2.05) is 18.2 Å². The van der Waals surface area contributed by atoms with Gasteiger partial charge in [0.15, 0.2) is 6.29 Å². The van der Waals surface area contributed by atoms with Crippen LogP contribution in [0, 0.1) is 5.92 Å². The standard InChI is InChI=1S/C20H32O5/c1-2-3-6-9-15(21)12-13-17-16(18-14-20(24-17)25-18)10-7-4-5-8-11-19(22)23/h4,7,12-13,15-18,20-21H,2-3,5-6,8-11,14H2,1H3,(H,22,23)/t15-,16+,17+,18?,20?/m0/s1. The highest BCUT2D eigenvalue weighted by Gasteiger charge is 2.46. The molecule has 0 aromatic heterocycles. The second-order valence-electron chi connectivity index (χ2n) is 7.05. The largest absolute Gasteiger partial charge is 0.481 e. The lowest BCUT2D eigenvalue weighted by atomic mass is 9.84. The summed E-state index contributed by atoms with van der Waals surface area (Å²) in [6.07, 6.45) is 15.4. The number of fused-ring (bicyclic) bond motifs is 2. The molecule has 3 rings (SSSR count). The molecular weight excluding hydrogens is 320 g/mol. The molecule has 0 aliphatic carbocycles. The molecule has 0 spiro atoms. The van der Waals surface area contributed by atoms with Gasteiger partial charge in [0.1, 0.15) is 0 Å². The maximum atomic E-state index is 10.5. The predicted octanol–water partition coefficient (Wildman–Crippen LogP) is 3.82. The molecule has 0 radical (unpaired) electrons. The van der Waals surface area contributed by atoms with Crippen molar-refractivity contribution in [2.45, 2.75) is 89.3 Å². The Hall–Kier alpha value is -1.17. The molecule has 5 heteroatoms. The van der Waals surface area contributed by atoms with Crippen molar-refractivity contribution in [1.29, 1.82) is 0 Å². The average Bonchev–Trinajstić information content (AvgIpc) is 2.55. The molecule has 2 unspecified atom stereocenters. The maximum Gasteiger partial charge on any atom is 0.303 e. The fourth-order valence-corrected chi connectivity index (χ4v) is 3.38. The van der Waals surface area contributed by atoms with E-state index in [1.54, 1.807) is 0 Å². The third-order valence-corrected chi connectivity index (χ3v) is 4.92. The number of unbranched alkanes of at least 4 members (excludes halogenated alkanes) is 3. The number of carboxylic acids is 1. The molecule has 3 aliphatic rings. The van der Waals surface area contributed by atoms with Crippen LogP contribution in [0.15, 0.2) is 24.3 Å². The molecule has 2 bridgehead atoms. The van der Waals surface area contributed by atoms with Crippen LogP contribution in [0.5, 0.6) is 0 Å². The second-order valence-corrected chi connectivity index (χ2v) is 7.05. The Morgan fingerprint density at radius 1 is 1.24 bits per heavy atom. The predicted molar refractivity (Wildman–Crippen MR) is 96.2 cm³/mol. The van der Waals surface area contributed by atoms with Crippen LogP contribution in [0.4, 0.5) is 0 Å². The SMILES string of the molecule is CCCCC[C@H](O)C=C[C@H]1OC2CC(O2)[C@@H]1CC=CCCCC(=O)O. The lowest BCUT2D eigenvalue weighted by Gasteiger charge is -2.49. The van der Waals surface area contributed by atoms with Crippen molar-refractivity contribution in [1.82, 2.24) is 0 Å². The van der Waals surface area contributed by atoms with E-state index in [4.69, 9.17) is 14.6 Å². The van der Waals surface area contributed by atoms with E-state index in [-0.39, 0.29) is 30.8 Å². The normalized spacial score (nSPS) is 29.8. The number of aliphatic hydroxyl groups excluding tert-OH is 1. The number of rotatable bonds is 12. The van der Waals surface area contributed by atoms with Gasteiger partial charge in [-0.2, -0.15) is 0 Å². The lowest BCUT2D eigenvalue weighted by molar-refractivity contribution is -0.337. The summed E-state index contributed by atoms with van der Waals surface area (Å²) in [6, 6.07) is 0. The zero-order valence-corrected chi connectivity index (χ0v) is 15.2. The van der Waals surface area contributed by atoms with E-state index in [9.17, 15) is 9.90 Å². The molecule has 5 nitrogen and oxygen atoms in total. The van der Waals surface area contributed by atoms with Crippen molar-refractivity contribution in [3.8, 4) is 0 Å². The summed E-state index contributed by atoms with van der Waals surface area (Å²) in [6.45, 7) is 2.16. The third kappa shape index (κ3) is 6.92. The quantitative estimate of drug-likeness (QED) is 0.412. The molecule has 2 N–H and O–H groups in total. The number of carboxylic acid groups (broad SMARTS) is 1. The Morgan fingerprint density at radius 2 is 2.04 bits per heavy atom. The van der Waals surface area contributed by atoms with Crippen LogP contribution < -0.4 is 0 Å². The molecule has 0 aromatic carbocycles. The van der Waals surface area contributed by atoms with Gasteiger partial charge < -0.3 is 19.7 Å². The fraction of sp³-hybridized carbons (Fsp3) is 0.750. The van der Waals surface area contributed by atoms with Gasteiger partial charge in [0.2, 0.25) is 0 Å². The van der Waals surface area contributed by atoms with Crippen LogP contribution in [0.3, 0.4) is 0 Å². The van der Waals surface area contributed by atoms with Crippen molar-refractivity contribution in [3.63, 3.8) is 0 Å². The Balaban J connectivity index is 1.76. The molecule has 25 heavy (non-hydrogen) atoms. The average molecular weight is 352 g/mol. The van der Waals surface area contributed by atoms with Crippen LogP contribution in [0.25, 0.3) is 0 Å². The molecule has 3 saturated heterocycles. The van der Waals surface area contributed by atoms with E-state index in [2.05, 4.69) is 13.0 Å². The second kappa shape index (κ2) is 10.7. The minimum Gasteiger partial charge on any atom is -0.481 e. The highest BCUT2D eigenvalue weighted by atomic mass is 16.7. The van der Waals surface area contributed by atoms with Gasteiger partial charge in [-0.15, -0.1) is 0 Å². The highest BCUT2D eigenvalue weighted by molar-refractivity contribution is 5.66. The number of aliphatic hydroxyl groups is 1. The Morgan fingerprint density at radius 3 is 2.76 bits per heavy atom. The Labute approximate surface area is 150 Å². The third-order valence-electron chi connectivity index (χ3n) is 4.92. The number of aliphatic carboxylic acids is 1. The van der Waals surface area contributed by atoms with Crippen LogP contribution in [-0.2, 0) is 14.3 Å². The number of hydrogen-bond acceptors (Lipinski definition) is 4. The summed E-state index contributed by atoms with van der Waals surface area (Å²) in [5.74, 6) is -0.481. The minimum atomic E-state index is -0.745. The first-order chi connectivity index (χ1) is 12.1. The van der Waals surface area contributed by atoms with Gasteiger partial charge >= 0.3 is 5.97 Å². The lowest BCUT2D eigenvalue weighted by Crippen LogP contribution is -2.55. The molecule has 3 fully saturated rings. The number of hydrogen-bond donors (Lipinski definition) is 2. The summed E-state index contributed by atoms with van der Waals surface area (Å²) >= 11 is 0. The first-order valence-corrected chi connectivity index (χ1v) is 9.64.